The number of amidine groups is 1. The van der Waals surface area contributed by atoms with Crippen LogP contribution in [0.1, 0.15) is 18.4 Å². The molecule has 0 bridgehead atoms. The highest BCUT2D eigenvalue weighted by Crippen LogP contribution is 2.22. The molecule has 0 radical (unpaired) electrons. The number of nitrogens with zero attached hydrogens (tertiary/aromatic N) is 3. The summed E-state index contributed by atoms with van der Waals surface area (Å²) in [6.45, 7) is 1.34. The topological polar surface area (TPSA) is 124 Å². The van der Waals surface area contributed by atoms with Crippen molar-refractivity contribution >= 4 is 40.6 Å². The fourth-order valence-corrected chi connectivity index (χ4v) is 3.96. The number of hydrogen-bond donors (Lipinski definition) is 4. The molecule has 12 heteroatoms. The molecule has 4 N–H and O–H groups in total. The van der Waals surface area contributed by atoms with Gasteiger partial charge in [-0.15, -0.1) is 0 Å². The number of aromatic amines is 1. The zero-order valence-corrected chi connectivity index (χ0v) is 18.1. The van der Waals surface area contributed by atoms with Gasteiger partial charge in [-0.05, 0) is 24.8 Å². The third-order valence-corrected chi connectivity index (χ3v) is 5.62. The Kier molecular flexibility index (Phi) is 6.45. The minimum Gasteiger partial charge on any atom is -0.453 e. The van der Waals surface area contributed by atoms with Crippen molar-refractivity contribution in [2.75, 3.05) is 33.3 Å². The van der Waals surface area contributed by atoms with Gasteiger partial charge in [0, 0.05) is 43.0 Å². The van der Waals surface area contributed by atoms with E-state index in [0.717, 1.165) is 23.8 Å². The molecule has 2 aliphatic heterocycles. The monoisotopic (exact) mass is 463 g/mol. The van der Waals surface area contributed by atoms with Crippen molar-refractivity contribution in [3.05, 3.63) is 40.7 Å². The van der Waals surface area contributed by atoms with Gasteiger partial charge in [-0.2, -0.15) is 0 Å². The number of aliphatic imine (C=N–C) groups is 1. The quantitative estimate of drug-likeness (QED) is 0.552. The number of H-pyrrole nitrogens is 1. The van der Waals surface area contributed by atoms with Crippen molar-refractivity contribution in [3.8, 4) is 0 Å². The van der Waals surface area contributed by atoms with Crippen molar-refractivity contribution in [3.63, 3.8) is 0 Å². The summed E-state index contributed by atoms with van der Waals surface area (Å²) in [7, 11) is 1.20. The molecule has 32 heavy (non-hydrogen) atoms. The first-order valence-corrected chi connectivity index (χ1v) is 10.5. The number of halogens is 2. The van der Waals surface area contributed by atoms with Crippen LogP contribution in [-0.2, 0) is 4.74 Å². The lowest BCUT2D eigenvalue weighted by Crippen LogP contribution is -2.49. The van der Waals surface area contributed by atoms with E-state index >= 15 is 0 Å². The van der Waals surface area contributed by atoms with Crippen LogP contribution in [0.15, 0.2) is 35.1 Å². The third-order valence-electron chi connectivity index (χ3n) is 5.41. The first-order chi connectivity index (χ1) is 15.4. The Morgan fingerprint density at radius 2 is 2.28 bits per heavy atom. The van der Waals surface area contributed by atoms with Gasteiger partial charge in [-0.3, -0.25) is 4.99 Å². The molecule has 3 amide bonds. The number of carbonyl (C=O) groups is 2. The average Bonchev–Trinajstić information content (AvgIpc) is 3.21. The zero-order valence-electron chi connectivity index (χ0n) is 17.4. The van der Waals surface area contributed by atoms with Crippen molar-refractivity contribution in [1.82, 2.24) is 30.8 Å². The lowest BCUT2D eigenvalue weighted by atomic mass is 9.98. The van der Waals surface area contributed by atoms with E-state index < -0.39 is 18.0 Å². The molecular formula is C20H23ClFN7O3. The highest BCUT2D eigenvalue weighted by Gasteiger charge is 2.26. The minimum absolute atomic E-state index is 0.0904. The summed E-state index contributed by atoms with van der Waals surface area (Å²) in [5.74, 6) is 0.441. The lowest BCUT2D eigenvalue weighted by Gasteiger charge is -2.33. The highest BCUT2D eigenvalue weighted by atomic mass is 35.5. The van der Waals surface area contributed by atoms with Gasteiger partial charge in [0.25, 0.3) is 0 Å². The van der Waals surface area contributed by atoms with Crippen LogP contribution in [0.25, 0.3) is 11.0 Å². The Bertz CT molecular complexity index is 1100. The smallest absolute Gasteiger partial charge is 0.415 e. The number of imide groups is 1. The molecule has 0 spiro atoms. The number of ether oxygens (including phenoxy) is 1. The van der Waals surface area contributed by atoms with Crippen LogP contribution >= 0.6 is 11.6 Å². The lowest BCUT2D eigenvalue weighted by molar-refractivity contribution is 0.148. The maximum atomic E-state index is 14.5. The van der Waals surface area contributed by atoms with Gasteiger partial charge in [-0.25, -0.2) is 24.3 Å². The normalized spacial score (nSPS) is 18.8. The third kappa shape index (κ3) is 4.77. The van der Waals surface area contributed by atoms with E-state index in [1.165, 1.54) is 7.11 Å². The second-order valence-corrected chi connectivity index (χ2v) is 8.02. The van der Waals surface area contributed by atoms with Crippen LogP contribution in [0.2, 0.25) is 5.02 Å². The van der Waals surface area contributed by atoms with E-state index in [4.69, 9.17) is 11.6 Å². The molecule has 0 aliphatic carbocycles. The van der Waals surface area contributed by atoms with Crippen LogP contribution in [-0.4, -0.2) is 66.1 Å². The maximum absolute atomic E-state index is 14.5. The molecule has 0 aromatic carbocycles. The molecule has 1 fully saturated rings. The van der Waals surface area contributed by atoms with Crippen molar-refractivity contribution < 1.29 is 18.7 Å². The second-order valence-electron chi connectivity index (χ2n) is 7.58. The molecule has 0 saturated carbocycles. The second kappa shape index (κ2) is 9.43. The Labute approximate surface area is 188 Å². The van der Waals surface area contributed by atoms with E-state index in [-0.39, 0.29) is 18.3 Å². The molecule has 1 saturated heterocycles. The van der Waals surface area contributed by atoms with E-state index in [1.54, 1.807) is 23.4 Å². The minimum atomic E-state index is -0.797. The van der Waals surface area contributed by atoms with Crippen LogP contribution < -0.4 is 16.0 Å². The Morgan fingerprint density at radius 1 is 1.44 bits per heavy atom. The predicted octanol–water partition coefficient (Wildman–Crippen LogP) is 2.48. The van der Waals surface area contributed by atoms with E-state index in [2.05, 4.69) is 35.6 Å². The number of nitrogens with one attached hydrogen (secondary N) is 4. The summed E-state index contributed by atoms with van der Waals surface area (Å²) in [5, 5.41) is 9.58. The Balaban J connectivity index is 1.37. The molecule has 2 aliphatic rings. The van der Waals surface area contributed by atoms with Gasteiger partial charge < -0.3 is 25.3 Å². The predicted molar refractivity (Wildman–Crippen MR) is 117 cm³/mol. The fraction of sp³-hybridized carbons (Fsp3) is 0.400. The number of piperidine rings is 1. The highest BCUT2D eigenvalue weighted by molar-refractivity contribution is 6.31. The summed E-state index contributed by atoms with van der Waals surface area (Å²) < 4.78 is 18.9. The first-order valence-electron chi connectivity index (χ1n) is 10.2. The maximum Gasteiger partial charge on any atom is 0.415 e. The molecule has 170 valence electrons. The van der Waals surface area contributed by atoms with Crippen LogP contribution in [0.5, 0.6) is 0 Å². The molecule has 4 heterocycles. The van der Waals surface area contributed by atoms with Crippen molar-refractivity contribution in [2.45, 2.75) is 12.8 Å². The van der Waals surface area contributed by atoms with Gasteiger partial charge in [0.2, 0.25) is 0 Å². The number of fused-ring (bicyclic) bond motifs is 1. The molecule has 2 aromatic rings. The van der Waals surface area contributed by atoms with Gasteiger partial charge in [0.1, 0.15) is 17.3 Å². The van der Waals surface area contributed by atoms with Crippen molar-refractivity contribution in [1.29, 1.82) is 0 Å². The van der Waals surface area contributed by atoms with Gasteiger partial charge >= 0.3 is 12.1 Å². The Morgan fingerprint density at radius 3 is 3.09 bits per heavy atom. The molecule has 2 aromatic heterocycles. The Hall–Kier alpha value is -3.34. The number of methoxy groups -OCH3 is 1. The number of amides is 3. The number of pyridine rings is 1. The summed E-state index contributed by atoms with van der Waals surface area (Å²) in [5.41, 5.74) is 1.40. The van der Waals surface area contributed by atoms with Gasteiger partial charge in [0.15, 0.2) is 5.83 Å². The van der Waals surface area contributed by atoms with Gasteiger partial charge in [0.05, 0.1) is 18.7 Å². The van der Waals surface area contributed by atoms with Crippen LogP contribution in [0, 0.1) is 5.92 Å². The zero-order chi connectivity index (χ0) is 22.7. The number of urea groups is 1. The number of alkyl carbamates (subject to hydrolysis) is 1. The molecule has 0 unspecified atom stereocenters. The van der Waals surface area contributed by atoms with E-state index in [9.17, 15) is 14.0 Å². The molecule has 4 rings (SSSR count). The summed E-state index contributed by atoms with van der Waals surface area (Å²) in [6.07, 6.45) is 4.16. The standard InChI is InChI=1S/C20H23ClFN7O3/c1-32-20(31)28-19(30)29-4-2-3-11(10-29)6-23-18-15(22)9-26-17(27-18)14-8-25-16-13(14)5-12(21)7-24-16/h5,7-8,11,23H,2-4,6,9-10H2,1H3,(H,24,25)(H,26,27)(H,28,30,31)/t11-/m1/s1. The van der Waals surface area contributed by atoms with Gasteiger partial charge in [-0.1, -0.05) is 11.6 Å². The summed E-state index contributed by atoms with van der Waals surface area (Å²) >= 11 is 6.07. The summed E-state index contributed by atoms with van der Waals surface area (Å²) in [6, 6.07) is 1.28. The SMILES string of the molecule is COC(=O)NC(=O)N1CCC[C@H](CNC2=C(F)CN=C(c3c[nH]c4ncc(Cl)cc34)N2)C1. The van der Waals surface area contributed by atoms with Crippen LogP contribution in [0.4, 0.5) is 14.0 Å². The van der Waals surface area contributed by atoms with E-state index in [0.29, 0.717) is 36.1 Å². The number of rotatable bonds is 4. The van der Waals surface area contributed by atoms with Crippen LogP contribution in [0.3, 0.4) is 0 Å². The fourth-order valence-electron chi connectivity index (χ4n) is 3.80. The number of hydrogen-bond acceptors (Lipinski definition) is 7. The molecule has 1 atom stereocenters. The molecular weight excluding hydrogens is 441 g/mol. The number of likely N-dealkylation sites (tertiary alicyclic amines) is 1. The number of aromatic nitrogens is 2. The first kappa shape index (κ1) is 21.9. The number of carbonyl (C=O) groups excluding carboxylic acids is 2. The van der Waals surface area contributed by atoms with Crippen molar-refractivity contribution in [2.24, 2.45) is 10.9 Å². The molecule has 10 nitrogen and oxygen atoms in total. The average molecular weight is 464 g/mol. The largest absolute Gasteiger partial charge is 0.453 e. The summed E-state index contributed by atoms with van der Waals surface area (Å²) in [4.78, 5) is 36.6. The van der Waals surface area contributed by atoms with E-state index in [1.807, 2.05) is 0 Å².